The molecule has 0 amide bonds. The zero-order chi connectivity index (χ0) is 27.1. The van der Waals surface area contributed by atoms with Crippen molar-refractivity contribution in [2.45, 2.75) is 33.1 Å². The molecule has 1 aromatic carbocycles. The first-order valence-electron chi connectivity index (χ1n) is 12.9. The molecule has 0 unspecified atom stereocenters. The second-order valence-corrected chi connectivity index (χ2v) is 15.1. The van der Waals surface area contributed by atoms with E-state index in [1.165, 1.54) is 11.7 Å². The molecular formula is C30H43ClN5P. The molecule has 0 saturated carbocycles. The van der Waals surface area contributed by atoms with Crippen LogP contribution in [0.3, 0.4) is 0 Å². The molecule has 3 rings (SSSR count). The summed E-state index contributed by atoms with van der Waals surface area (Å²) in [4.78, 5) is 7.23. The molecule has 200 valence electrons. The van der Waals surface area contributed by atoms with E-state index in [4.69, 9.17) is 16.6 Å². The van der Waals surface area contributed by atoms with Crippen molar-refractivity contribution in [3.63, 3.8) is 0 Å². The summed E-state index contributed by atoms with van der Waals surface area (Å²) in [6.07, 6.45) is 17.9. The van der Waals surface area contributed by atoms with Crippen LogP contribution < -0.4 is 21.3 Å². The van der Waals surface area contributed by atoms with Crippen molar-refractivity contribution in [2.24, 2.45) is 10.4 Å². The number of anilines is 1. The third-order valence-corrected chi connectivity index (χ3v) is 8.75. The van der Waals surface area contributed by atoms with Gasteiger partial charge in [-0.1, -0.05) is 61.7 Å². The third-order valence-electron chi connectivity index (χ3n) is 6.83. The van der Waals surface area contributed by atoms with Crippen molar-refractivity contribution in [2.75, 3.05) is 45.3 Å². The molecule has 1 saturated heterocycles. The molecule has 0 atom stereocenters. The first-order chi connectivity index (χ1) is 17.5. The molecule has 37 heavy (non-hydrogen) atoms. The fourth-order valence-electron chi connectivity index (χ4n) is 4.88. The van der Waals surface area contributed by atoms with Gasteiger partial charge in [0.1, 0.15) is 11.7 Å². The van der Waals surface area contributed by atoms with Gasteiger partial charge in [0.25, 0.3) is 0 Å². The Kier molecular flexibility index (Phi) is 10.1. The van der Waals surface area contributed by atoms with E-state index in [0.717, 1.165) is 55.3 Å². The minimum Gasteiger partial charge on any atom is -0.390 e. The molecule has 0 aliphatic carbocycles. The predicted octanol–water partition coefficient (Wildman–Crippen LogP) is 6.08. The van der Waals surface area contributed by atoms with Crippen LogP contribution in [0.5, 0.6) is 0 Å². The van der Waals surface area contributed by atoms with Crippen molar-refractivity contribution < 1.29 is 0 Å². The average Bonchev–Trinajstić information content (AvgIpc) is 2.81. The van der Waals surface area contributed by atoms with E-state index in [0.29, 0.717) is 16.3 Å². The number of benzene rings is 1. The van der Waals surface area contributed by atoms with Gasteiger partial charge in [-0.2, -0.15) is 0 Å². The molecule has 3 N–H and O–H groups in total. The lowest BCUT2D eigenvalue weighted by molar-refractivity contribution is 0.00872. The highest BCUT2D eigenvalue weighted by Gasteiger charge is 2.39. The van der Waals surface area contributed by atoms with E-state index < -0.39 is 6.89 Å². The van der Waals surface area contributed by atoms with Crippen molar-refractivity contribution in [1.29, 1.82) is 0 Å². The van der Waals surface area contributed by atoms with E-state index in [9.17, 15) is 0 Å². The summed E-state index contributed by atoms with van der Waals surface area (Å²) in [7, 11) is 2.19. The Morgan fingerprint density at radius 1 is 1.22 bits per heavy atom. The van der Waals surface area contributed by atoms with Crippen LogP contribution in [0.4, 0.5) is 5.69 Å². The standard InChI is InChI=1S/C30H43ClN5P/c1-8-23(2)29(35-27-14-9-10-15-28(27)37(5,6)7)34-24(3)33-26-13-11-12-16-30(21-36(4)22-30)17-18-32-20-25(31)19-26/h8-11,13-15,19-20,32-33H,3,5,12,16-18,21-22H2,1-2,4,6-7H3,(H,34,35)/b13-11-,23-8-,25-20-,26-19+. The van der Waals surface area contributed by atoms with Gasteiger partial charge in [-0.05, 0) is 88.0 Å². The monoisotopic (exact) mass is 539 g/mol. The number of halogens is 1. The second kappa shape index (κ2) is 12.9. The number of hydrogen-bond acceptors (Lipinski definition) is 4. The van der Waals surface area contributed by atoms with Crippen LogP contribution in [0.25, 0.3) is 0 Å². The quantitative estimate of drug-likeness (QED) is 0.233. The molecule has 2 heterocycles. The maximum absolute atomic E-state index is 6.53. The van der Waals surface area contributed by atoms with E-state index in [1.54, 1.807) is 0 Å². The molecular weight excluding hydrogens is 497 g/mol. The molecule has 0 radical (unpaired) electrons. The Labute approximate surface area is 229 Å². The number of aliphatic imine (C=N–C) groups is 1. The molecule has 5 nitrogen and oxygen atoms in total. The summed E-state index contributed by atoms with van der Waals surface area (Å²) in [6.45, 7) is 14.4. The Bertz CT molecular complexity index is 1180. The summed E-state index contributed by atoms with van der Waals surface area (Å²) >= 11 is 6.53. The highest BCUT2D eigenvalue weighted by Crippen LogP contribution is 2.38. The maximum Gasteiger partial charge on any atom is 0.135 e. The topological polar surface area (TPSA) is 51.7 Å². The zero-order valence-corrected chi connectivity index (χ0v) is 24.7. The number of nitrogens with one attached hydrogen (secondary N) is 3. The number of para-hydroxylation sites is 1. The fourth-order valence-corrected chi connectivity index (χ4v) is 6.35. The second-order valence-electron chi connectivity index (χ2n) is 10.8. The summed E-state index contributed by atoms with van der Waals surface area (Å²) < 4.78 is 0. The largest absolute Gasteiger partial charge is 0.390 e. The fraction of sp³-hybridized carbons (Fsp3) is 0.400. The molecule has 1 aromatic rings. The van der Waals surface area contributed by atoms with Gasteiger partial charge in [-0.3, -0.25) is 0 Å². The lowest BCUT2D eigenvalue weighted by Gasteiger charge is -2.49. The maximum atomic E-state index is 6.53. The van der Waals surface area contributed by atoms with Gasteiger partial charge in [0.2, 0.25) is 0 Å². The lowest BCUT2D eigenvalue weighted by Crippen LogP contribution is -2.55. The van der Waals surface area contributed by atoms with Gasteiger partial charge in [-0.15, -0.1) is 0 Å². The Balaban J connectivity index is 1.80. The normalized spacial score (nSPS) is 23.2. The van der Waals surface area contributed by atoms with Gasteiger partial charge < -0.3 is 20.9 Å². The van der Waals surface area contributed by atoms with E-state index >= 15 is 0 Å². The number of likely N-dealkylation sites (tertiary alicyclic amines) is 1. The van der Waals surface area contributed by atoms with Gasteiger partial charge in [0, 0.05) is 37.2 Å². The summed E-state index contributed by atoms with van der Waals surface area (Å²) in [6, 6.07) is 8.32. The van der Waals surface area contributed by atoms with Crippen LogP contribution in [-0.4, -0.2) is 57.0 Å². The number of amidine groups is 1. The number of hydrogen-bond donors (Lipinski definition) is 3. The number of rotatable bonds is 6. The van der Waals surface area contributed by atoms with E-state index in [-0.39, 0.29) is 0 Å². The van der Waals surface area contributed by atoms with Crippen LogP contribution in [0.2, 0.25) is 0 Å². The van der Waals surface area contributed by atoms with Crippen molar-refractivity contribution >= 4 is 41.6 Å². The van der Waals surface area contributed by atoms with Gasteiger partial charge in [0.15, 0.2) is 0 Å². The predicted molar refractivity (Wildman–Crippen MR) is 168 cm³/mol. The van der Waals surface area contributed by atoms with E-state index in [1.807, 2.05) is 38.3 Å². The molecule has 1 fully saturated rings. The Hall–Kier alpha value is -2.46. The van der Waals surface area contributed by atoms with Crippen molar-refractivity contribution in [1.82, 2.24) is 15.5 Å². The van der Waals surface area contributed by atoms with Gasteiger partial charge >= 0.3 is 0 Å². The highest BCUT2D eigenvalue weighted by molar-refractivity contribution is 7.79. The third kappa shape index (κ3) is 8.53. The molecule has 1 spiro atoms. The molecule has 2 aliphatic heterocycles. The van der Waals surface area contributed by atoms with Crippen LogP contribution in [0, 0.1) is 5.41 Å². The average molecular weight is 540 g/mol. The smallest absolute Gasteiger partial charge is 0.135 e. The van der Waals surface area contributed by atoms with Gasteiger partial charge in [-0.25, -0.2) is 4.99 Å². The van der Waals surface area contributed by atoms with E-state index in [2.05, 4.69) is 84.5 Å². The van der Waals surface area contributed by atoms with Crippen LogP contribution in [0.15, 0.2) is 88.5 Å². The first-order valence-corrected chi connectivity index (χ1v) is 16.1. The lowest BCUT2D eigenvalue weighted by atomic mass is 9.73. The zero-order valence-electron chi connectivity index (χ0n) is 23.1. The Morgan fingerprint density at radius 2 is 1.95 bits per heavy atom. The number of nitrogens with zero attached hydrogens (tertiary/aromatic N) is 2. The molecule has 0 bridgehead atoms. The van der Waals surface area contributed by atoms with Crippen LogP contribution >= 0.6 is 18.5 Å². The summed E-state index contributed by atoms with van der Waals surface area (Å²) in [5.41, 5.74) is 3.29. The Morgan fingerprint density at radius 3 is 2.62 bits per heavy atom. The minimum atomic E-state index is -1.48. The van der Waals surface area contributed by atoms with Crippen LogP contribution in [-0.2, 0) is 0 Å². The highest BCUT2D eigenvalue weighted by atomic mass is 35.5. The first kappa shape index (κ1) is 29.1. The summed E-state index contributed by atoms with van der Waals surface area (Å²) in [5.74, 6) is 1.28. The molecule has 2 aliphatic rings. The number of allylic oxidation sites excluding steroid dienone is 5. The molecule has 0 aromatic heterocycles. The van der Waals surface area contributed by atoms with Gasteiger partial charge in [0.05, 0.1) is 5.03 Å². The van der Waals surface area contributed by atoms with Crippen molar-refractivity contribution in [3.05, 3.63) is 83.5 Å². The molecule has 7 heteroatoms. The SMILES string of the molecule is C=C(/N=C(Nc1ccccc1P(=C)(C)C)\C(C)=C/C)NC1=C/C(Cl)=C/NCCC2(CC/C=C\1)CN(C)C2. The summed E-state index contributed by atoms with van der Waals surface area (Å²) in [5, 5.41) is 12.1. The van der Waals surface area contributed by atoms with Crippen LogP contribution in [0.1, 0.15) is 33.1 Å². The minimum absolute atomic E-state index is 0.391. The van der Waals surface area contributed by atoms with Crippen molar-refractivity contribution in [3.8, 4) is 0 Å².